The molecule has 0 saturated carbocycles. The van der Waals surface area contributed by atoms with Gasteiger partial charge in [-0.1, -0.05) is 231 Å². The van der Waals surface area contributed by atoms with Gasteiger partial charge in [-0.3, -0.25) is 0 Å². The highest BCUT2D eigenvalue weighted by Gasteiger charge is 2.39. The maximum Gasteiger partial charge on any atom is 0.0134 e. The molecule has 0 heteroatoms. The van der Waals surface area contributed by atoms with E-state index in [1.54, 1.807) is 0 Å². The van der Waals surface area contributed by atoms with Gasteiger partial charge in [0.15, 0.2) is 0 Å². The predicted octanol–water partition coefficient (Wildman–Crippen LogP) is 13.5. The van der Waals surface area contributed by atoms with Crippen LogP contribution in [0.1, 0.15) is 25.7 Å². The zero-order valence-corrected chi connectivity index (χ0v) is 36.5. The third-order valence-electron chi connectivity index (χ3n) is 15.7. The van der Waals surface area contributed by atoms with Crippen LogP contribution in [0.25, 0.3) is 11.1 Å². The average Bonchev–Trinajstić information content (AvgIpc) is 3.37. The summed E-state index contributed by atoms with van der Waals surface area (Å²) in [6.45, 7) is 0. The van der Waals surface area contributed by atoms with Gasteiger partial charge in [0.05, 0.1) is 0 Å². The molecule has 11 aliphatic rings. The molecule has 0 N–H and O–H groups in total. The molecule has 0 bridgehead atoms. The zero-order chi connectivity index (χ0) is 42.4. The summed E-state index contributed by atoms with van der Waals surface area (Å²) in [7, 11) is 0. The minimum Gasteiger partial charge on any atom is -0.0839 e. The van der Waals surface area contributed by atoms with Crippen LogP contribution >= 0.6 is 0 Å². The Morgan fingerprint density at radius 1 is 0.438 bits per heavy atom. The molecule has 0 saturated heterocycles. The van der Waals surface area contributed by atoms with E-state index in [1.807, 2.05) is 0 Å². The fourth-order valence-corrected chi connectivity index (χ4v) is 12.6. The van der Waals surface area contributed by atoms with Crippen LogP contribution in [-0.4, -0.2) is 0 Å². The van der Waals surface area contributed by atoms with Crippen molar-refractivity contribution in [3.63, 3.8) is 0 Å². The lowest BCUT2D eigenvalue weighted by molar-refractivity contribution is 0.468. The monoisotopic (exact) mass is 824 g/mol. The summed E-state index contributed by atoms with van der Waals surface area (Å²) in [5, 5.41) is 2.81. The zero-order valence-electron chi connectivity index (χ0n) is 36.5. The van der Waals surface area contributed by atoms with Gasteiger partial charge in [-0.05, 0) is 104 Å². The Balaban J connectivity index is 0.941. The normalized spacial score (nSPS) is 33.6. The predicted molar refractivity (Wildman–Crippen MR) is 269 cm³/mol. The molecule has 0 amide bonds. The molecule has 11 aliphatic carbocycles. The third-order valence-corrected chi connectivity index (χ3v) is 15.7. The van der Waals surface area contributed by atoms with E-state index in [4.69, 9.17) is 0 Å². The molecule has 12 rings (SSSR count). The summed E-state index contributed by atoms with van der Waals surface area (Å²) in [6.07, 6.45) is 85.2. The van der Waals surface area contributed by atoms with E-state index in [1.165, 1.54) is 66.2 Å². The Hall–Kier alpha value is -6.50. The minimum absolute atomic E-state index is 0.258. The smallest absolute Gasteiger partial charge is 0.0134 e. The molecule has 0 radical (unpaired) electrons. The third kappa shape index (κ3) is 7.00. The van der Waals surface area contributed by atoms with Crippen LogP contribution in [0.4, 0.5) is 0 Å². The summed E-state index contributed by atoms with van der Waals surface area (Å²) in [4.78, 5) is 0. The maximum atomic E-state index is 2.60. The Kier molecular flexibility index (Phi) is 10.3. The number of benzene rings is 1. The standard InChI is InChI=1S/C64H56/c1-3-18-43(19-4-1)48-40-49(44-20-5-2-6-21-44)42-50(41-48)63-58-29-13-15-31-60(58)64(61-32-16-14-30-59(61)63)62-39-37-47(53-26-10-12-28-56(53)62)35-34-46-36-38-57(54-27-11-9-25-52(46)54)55-33-17-23-45-22-7-8-24-51(45)55/h1,3-5,7-18,20-40,42-43,45,48,51-54,56,58,60H,2,6,19,41H2. The van der Waals surface area contributed by atoms with E-state index in [9.17, 15) is 0 Å². The molecule has 0 fully saturated rings. The summed E-state index contributed by atoms with van der Waals surface area (Å²) >= 11 is 0. The van der Waals surface area contributed by atoms with Crippen molar-refractivity contribution >= 4 is 11.1 Å². The molecular weight excluding hydrogens is 769 g/mol. The Morgan fingerprint density at radius 3 is 1.73 bits per heavy atom. The Labute approximate surface area is 380 Å². The number of fused-ring (bicyclic) bond motifs is 5. The van der Waals surface area contributed by atoms with Crippen LogP contribution in [0.3, 0.4) is 0 Å². The fraction of sp³-hybridized carbons (Fsp3) is 0.219. The van der Waals surface area contributed by atoms with Crippen molar-refractivity contribution in [1.82, 2.24) is 0 Å². The van der Waals surface area contributed by atoms with E-state index in [2.05, 4.69) is 231 Å². The molecule has 0 heterocycles. The number of hydrogen-bond acceptors (Lipinski definition) is 0. The van der Waals surface area contributed by atoms with Gasteiger partial charge in [0.2, 0.25) is 0 Å². The minimum atomic E-state index is 0.258. The van der Waals surface area contributed by atoms with Gasteiger partial charge in [0, 0.05) is 47.3 Å². The second kappa shape index (κ2) is 16.9. The largest absolute Gasteiger partial charge is 0.0839 e. The van der Waals surface area contributed by atoms with Crippen molar-refractivity contribution in [1.29, 1.82) is 0 Å². The molecule has 64 heavy (non-hydrogen) atoms. The average molecular weight is 825 g/mol. The SMILES string of the molecule is C1=CCC(C2C=C(C3=CCCC=C3)C=C(C3=c4ccccc4=C(C4=CC=C(C=CC5=CC=C(C6=CC=CC7C=CC=CC67)C6C=CC=CC56)C5C=CC=CC45)C4C=CC=CC34)C2)C=C1. The molecule has 0 aliphatic heterocycles. The molecule has 312 valence electrons. The van der Waals surface area contributed by atoms with Crippen LogP contribution in [0, 0.1) is 59.2 Å². The molecule has 1 aromatic rings. The van der Waals surface area contributed by atoms with Crippen molar-refractivity contribution in [2.45, 2.75) is 25.7 Å². The van der Waals surface area contributed by atoms with Gasteiger partial charge in [-0.25, -0.2) is 0 Å². The van der Waals surface area contributed by atoms with Gasteiger partial charge in [-0.15, -0.1) is 0 Å². The van der Waals surface area contributed by atoms with E-state index < -0.39 is 0 Å². The summed E-state index contributed by atoms with van der Waals surface area (Å²) < 4.78 is 0. The highest BCUT2D eigenvalue weighted by atomic mass is 14.4. The van der Waals surface area contributed by atoms with Crippen molar-refractivity contribution < 1.29 is 0 Å². The van der Waals surface area contributed by atoms with Crippen LogP contribution in [0.5, 0.6) is 0 Å². The second-order valence-electron chi connectivity index (χ2n) is 19.1. The lowest BCUT2D eigenvalue weighted by Crippen LogP contribution is -2.42. The molecule has 0 spiro atoms. The number of hydrogen-bond donors (Lipinski definition) is 0. The lowest BCUT2D eigenvalue weighted by atomic mass is 9.63. The lowest BCUT2D eigenvalue weighted by Gasteiger charge is -2.40. The summed E-state index contributed by atoms with van der Waals surface area (Å²) in [6, 6.07) is 9.38. The van der Waals surface area contributed by atoms with E-state index >= 15 is 0 Å². The van der Waals surface area contributed by atoms with Crippen molar-refractivity contribution in [2.24, 2.45) is 59.2 Å². The number of allylic oxidation sites excluding steroid dienone is 42. The van der Waals surface area contributed by atoms with Gasteiger partial charge in [0.1, 0.15) is 0 Å². The Morgan fingerprint density at radius 2 is 1.03 bits per heavy atom. The highest BCUT2D eigenvalue weighted by Crippen LogP contribution is 2.50. The van der Waals surface area contributed by atoms with Crippen LogP contribution in [-0.2, 0) is 0 Å². The van der Waals surface area contributed by atoms with E-state index in [0.29, 0.717) is 35.5 Å². The van der Waals surface area contributed by atoms with E-state index in [0.717, 1.165) is 25.7 Å². The topological polar surface area (TPSA) is 0 Å². The molecule has 10 atom stereocenters. The van der Waals surface area contributed by atoms with Crippen LogP contribution < -0.4 is 10.4 Å². The highest BCUT2D eigenvalue weighted by molar-refractivity contribution is 5.82. The quantitative estimate of drug-likeness (QED) is 0.257. The van der Waals surface area contributed by atoms with Crippen molar-refractivity contribution in [3.8, 4) is 0 Å². The van der Waals surface area contributed by atoms with Gasteiger partial charge in [-0.2, -0.15) is 0 Å². The van der Waals surface area contributed by atoms with Gasteiger partial charge < -0.3 is 0 Å². The molecule has 1 aromatic carbocycles. The fourth-order valence-electron chi connectivity index (χ4n) is 12.6. The molecule has 0 aromatic heterocycles. The first-order chi connectivity index (χ1) is 31.8. The second-order valence-corrected chi connectivity index (χ2v) is 19.1. The molecule has 0 nitrogen and oxygen atoms in total. The number of rotatable bonds is 7. The first kappa shape index (κ1) is 39.1. The first-order valence-electron chi connectivity index (χ1n) is 24.0. The van der Waals surface area contributed by atoms with Crippen LogP contribution in [0.2, 0.25) is 0 Å². The van der Waals surface area contributed by atoms with E-state index in [-0.39, 0.29) is 23.7 Å². The molecular formula is C64H56. The Bertz CT molecular complexity index is 2970. The van der Waals surface area contributed by atoms with Crippen molar-refractivity contribution in [3.05, 3.63) is 286 Å². The molecule has 10 unspecified atom stereocenters. The summed E-state index contributed by atoms with van der Waals surface area (Å²) in [5.74, 6) is 3.52. The maximum absolute atomic E-state index is 2.60. The van der Waals surface area contributed by atoms with Crippen molar-refractivity contribution in [2.75, 3.05) is 0 Å². The first-order valence-corrected chi connectivity index (χ1v) is 24.0. The van der Waals surface area contributed by atoms with Gasteiger partial charge in [0.25, 0.3) is 0 Å². The summed E-state index contributed by atoms with van der Waals surface area (Å²) in [5.41, 5.74) is 14.4. The van der Waals surface area contributed by atoms with Gasteiger partial charge >= 0.3 is 0 Å². The van der Waals surface area contributed by atoms with Crippen LogP contribution in [0.15, 0.2) is 275 Å².